The molecule has 0 aliphatic heterocycles. The van der Waals surface area contributed by atoms with E-state index in [1.54, 1.807) is 0 Å². The number of rotatable bonds is 2. The fraction of sp³-hybridized carbons (Fsp3) is 0.588. The average Bonchev–Trinajstić information content (AvgIpc) is 2.64. The first-order valence-electron chi connectivity index (χ1n) is 7.26. The first kappa shape index (κ1) is 14.1. The molecule has 2 rings (SSSR count). The molecular formula is C17H23NO. The van der Waals surface area contributed by atoms with E-state index in [-0.39, 0.29) is 0 Å². The van der Waals surface area contributed by atoms with Gasteiger partial charge < -0.3 is 5.11 Å². The van der Waals surface area contributed by atoms with Crippen molar-refractivity contribution in [2.45, 2.75) is 58.5 Å². The van der Waals surface area contributed by atoms with E-state index in [1.807, 2.05) is 32.0 Å². The van der Waals surface area contributed by atoms with Gasteiger partial charge in [-0.2, -0.15) is 5.26 Å². The number of hydrogen-bond acceptors (Lipinski definition) is 2. The largest absolute Gasteiger partial charge is 0.387 e. The molecular weight excluding hydrogens is 234 g/mol. The van der Waals surface area contributed by atoms with Crippen LogP contribution in [0.25, 0.3) is 0 Å². The van der Waals surface area contributed by atoms with Crippen LogP contribution in [-0.4, -0.2) is 5.11 Å². The van der Waals surface area contributed by atoms with Crippen LogP contribution in [0.1, 0.15) is 61.3 Å². The molecule has 1 unspecified atom stereocenters. The van der Waals surface area contributed by atoms with Crippen molar-refractivity contribution in [3.8, 4) is 6.07 Å². The highest BCUT2D eigenvalue weighted by Gasteiger charge is 2.40. The van der Waals surface area contributed by atoms with E-state index in [0.717, 1.165) is 42.4 Å². The van der Waals surface area contributed by atoms with Crippen LogP contribution >= 0.6 is 0 Å². The zero-order valence-electron chi connectivity index (χ0n) is 11.9. The summed E-state index contributed by atoms with van der Waals surface area (Å²) < 4.78 is 0. The highest BCUT2D eigenvalue weighted by Crippen LogP contribution is 2.45. The lowest BCUT2D eigenvalue weighted by Gasteiger charge is -2.32. The van der Waals surface area contributed by atoms with E-state index >= 15 is 0 Å². The molecule has 0 amide bonds. The highest BCUT2D eigenvalue weighted by atomic mass is 16.3. The Hall–Kier alpha value is -1.33. The van der Waals surface area contributed by atoms with Crippen molar-refractivity contribution in [2.24, 2.45) is 5.41 Å². The SMILES string of the molecule is Cc1cccc(C)c1C(O)C1(C#N)CCCCCC1. The van der Waals surface area contributed by atoms with E-state index in [1.165, 1.54) is 12.8 Å². The molecule has 0 radical (unpaired) electrons. The van der Waals surface area contributed by atoms with Gasteiger partial charge in [-0.15, -0.1) is 0 Å². The molecule has 0 saturated heterocycles. The maximum atomic E-state index is 10.9. The van der Waals surface area contributed by atoms with Crippen LogP contribution in [0.3, 0.4) is 0 Å². The van der Waals surface area contributed by atoms with Crippen LogP contribution in [0.4, 0.5) is 0 Å². The van der Waals surface area contributed by atoms with Gasteiger partial charge in [0.05, 0.1) is 17.6 Å². The second-order valence-electron chi connectivity index (χ2n) is 5.89. The Morgan fingerprint density at radius 2 is 1.63 bits per heavy atom. The number of nitriles is 1. The standard InChI is InChI=1S/C17H23NO/c1-13-8-7-9-14(2)15(13)16(19)17(12-18)10-5-3-4-6-11-17/h7-9,16,19H,3-6,10-11H2,1-2H3. The lowest BCUT2D eigenvalue weighted by Crippen LogP contribution is -2.28. The van der Waals surface area contributed by atoms with Gasteiger partial charge in [0.25, 0.3) is 0 Å². The smallest absolute Gasteiger partial charge is 0.0981 e. The van der Waals surface area contributed by atoms with Gasteiger partial charge in [0, 0.05) is 0 Å². The zero-order chi connectivity index (χ0) is 13.9. The normalized spacial score (nSPS) is 20.3. The summed E-state index contributed by atoms with van der Waals surface area (Å²) in [5.74, 6) is 0. The number of aliphatic hydroxyl groups excluding tert-OH is 1. The van der Waals surface area contributed by atoms with Gasteiger partial charge in [0.15, 0.2) is 0 Å². The van der Waals surface area contributed by atoms with Gasteiger partial charge in [-0.05, 0) is 43.4 Å². The lowest BCUT2D eigenvalue weighted by atomic mass is 9.72. The second kappa shape index (κ2) is 5.75. The fourth-order valence-electron chi connectivity index (χ4n) is 3.34. The monoisotopic (exact) mass is 257 g/mol. The minimum absolute atomic E-state index is 0.590. The molecule has 0 aromatic heterocycles. The van der Waals surface area contributed by atoms with Crippen molar-refractivity contribution >= 4 is 0 Å². The average molecular weight is 257 g/mol. The summed E-state index contributed by atoms with van der Waals surface area (Å²) in [6, 6.07) is 8.51. The predicted molar refractivity (Wildman–Crippen MR) is 76.6 cm³/mol. The molecule has 1 aliphatic rings. The molecule has 1 aromatic rings. The van der Waals surface area contributed by atoms with Crippen LogP contribution in [-0.2, 0) is 0 Å². The van der Waals surface area contributed by atoms with Gasteiger partial charge in [0.2, 0.25) is 0 Å². The first-order chi connectivity index (χ1) is 9.10. The third kappa shape index (κ3) is 2.67. The van der Waals surface area contributed by atoms with E-state index in [2.05, 4.69) is 6.07 Å². The van der Waals surface area contributed by atoms with Crippen molar-refractivity contribution in [3.63, 3.8) is 0 Å². The van der Waals surface area contributed by atoms with Gasteiger partial charge >= 0.3 is 0 Å². The second-order valence-corrected chi connectivity index (χ2v) is 5.89. The molecule has 19 heavy (non-hydrogen) atoms. The van der Waals surface area contributed by atoms with Crippen LogP contribution in [0, 0.1) is 30.6 Å². The molecule has 1 N–H and O–H groups in total. The number of aryl methyl sites for hydroxylation is 2. The molecule has 1 aliphatic carbocycles. The number of aliphatic hydroxyl groups is 1. The molecule has 1 aromatic carbocycles. The molecule has 1 fully saturated rings. The van der Waals surface area contributed by atoms with Crippen molar-refractivity contribution < 1.29 is 5.11 Å². The van der Waals surface area contributed by atoms with E-state index < -0.39 is 11.5 Å². The Bertz CT molecular complexity index is 458. The Labute approximate surface area is 116 Å². The molecule has 0 bridgehead atoms. The fourth-order valence-corrected chi connectivity index (χ4v) is 3.34. The number of benzene rings is 1. The molecule has 2 nitrogen and oxygen atoms in total. The predicted octanol–water partition coefficient (Wildman–Crippen LogP) is 4.20. The molecule has 1 saturated carbocycles. The third-order valence-corrected chi connectivity index (χ3v) is 4.56. The lowest BCUT2D eigenvalue weighted by molar-refractivity contribution is 0.0506. The first-order valence-corrected chi connectivity index (χ1v) is 7.26. The number of nitrogens with zero attached hydrogens (tertiary/aromatic N) is 1. The highest BCUT2D eigenvalue weighted by molar-refractivity contribution is 5.37. The molecule has 102 valence electrons. The van der Waals surface area contributed by atoms with Crippen molar-refractivity contribution in [1.82, 2.24) is 0 Å². The zero-order valence-corrected chi connectivity index (χ0v) is 11.9. The quantitative estimate of drug-likeness (QED) is 0.807. The molecule has 1 atom stereocenters. The van der Waals surface area contributed by atoms with E-state index in [4.69, 9.17) is 0 Å². The van der Waals surface area contributed by atoms with Crippen molar-refractivity contribution in [2.75, 3.05) is 0 Å². The topological polar surface area (TPSA) is 44.0 Å². The maximum absolute atomic E-state index is 10.9. The van der Waals surface area contributed by atoms with E-state index in [0.29, 0.717) is 0 Å². The summed E-state index contributed by atoms with van der Waals surface area (Å²) >= 11 is 0. The summed E-state index contributed by atoms with van der Waals surface area (Å²) in [5.41, 5.74) is 2.55. The van der Waals surface area contributed by atoms with Crippen LogP contribution in [0.5, 0.6) is 0 Å². The minimum Gasteiger partial charge on any atom is -0.387 e. The van der Waals surface area contributed by atoms with Gasteiger partial charge in [-0.3, -0.25) is 0 Å². The molecule has 0 spiro atoms. The summed E-state index contributed by atoms with van der Waals surface area (Å²) in [7, 11) is 0. The van der Waals surface area contributed by atoms with Crippen LogP contribution in [0.15, 0.2) is 18.2 Å². The summed E-state index contributed by atoms with van der Waals surface area (Å²) in [6.45, 7) is 4.04. The minimum atomic E-state index is -0.656. The summed E-state index contributed by atoms with van der Waals surface area (Å²) in [5, 5.41) is 20.5. The molecule has 2 heteroatoms. The van der Waals surface area contributed by atoms with Crippen LogP contribution < -0.4 is 0 Å². The van der Waals surface area contributed by atoms with Gasteiger partial charge in [-0.1, -0.05) is 43.9 Å². The Balaban J connectivity index is 2.40. The Kier molecular flexibility index (Phi) is 4.27. The van der Waals surface area contributed by atoms with Crippen molar-refractivity contribution in [3.05, 3.63) is 34.9 Å². The third-order valence-electron chi connectivity index (χ3n) is 4.56. The van der Waals surface area contributed by atoms with Crippen LogP contribution in [0.2, 0.25) is 0 Å². The Morgan fingerprint density at radius 3 is 2.11 bits per heavy atom. The van der Waals surface area contributed by atoms with Gasteiger partial charge in [0.1, 0.15) is 0 Å². The number of hydrogen-bond donors (Lipinski definition) is 1. The Morgan fingerprint density at radius 1 is 1.11 bits per heavy atom. The summed E-state index contributed by atoms with van der Waals surface area (Å²) in [4.78, 5) is 0. The van der Waals surface area contributed by atoms with E-state index in [9.17, 15) is 10.4 Å². The van der Waals surface area contributed by atoms with Crippen molar-refractivity contribution in [1.29, 1.82) is 5.26 Å². The van der Waals surface area contributed by atoms with Gasteiger partial charge in [-0.25, -0.2) is 0 Å². The molecule has 0 heterocycles. The summed E-state index contributed by atoms with van der Waals surface area (Å²) in [6.07, 6.45) is 5.45. The maximum Gasteiger partial charge on any atom is 0.0981 e.